The molecule has 5 rings (SSSR count). The van der Waals surface area contributed by atoms with E-state index < -0.39 is 0 Å². The Balaban J connectivity index is 1.63. The van der Waals surface area contributed by atoms with Crippen LogP contribution in [0.25, 0.3) is 32.3 Å². The lowest BCUT2D eigenvalue weighted by molar-refractivity contribution is 0.0737. The highest BCUT2D eigenvalue weighted by atomic mass is 16.5. The molecule has 27 heavy (non-hydrogen) atoms. The van der Waals surface area contributed by atoms with Gasteiger partial charge in [-0.25, -0.2) is 4.79 Å². The lowest BCUT2D eigenvalue weighted by Crippen LogP contribution is -2.08. The van der Waals surface area contributed by atoms with E-state index in [-0.39, 0.29) is 5.97 Å². The van der Waals surface area contributed by atoms with Crippen LogP contribution in [-0.4, -0.2) is 13.1 Å². The Labute approximate surface area is 156 Å². The molecule has 0 spiro atoms. The smallest absolute Gasteiger partial charge is 0.343 e. The van der Waals surface area contributed by atoms with Crippen LogP contribution >= 0.6 is 0 Å². The van der Waals surface area contributed by atoms with Crippen LogP contribution in [0.3, 0.4) is 0 Å². The molecule has 0 atom stereocenters. The van der Waals surface area contributed by atoms with E-state index in [0.29, 0.717) is 17.1 Å². The Hall–Kier alpha value is -3.59. The number of esters is 1. The molecule has 5 aromatic rings. The largest absolute Gasteiger partial charge is 0.497 e. The Morgan fingerprint density at radius 2 is 1.33 bits per heavy atom. The Morgan fingerprint density at radius 1 is 0.704 bits per heavy atom. The Bertz CT molecular complexity index is 1270. The van der Waals surface area contributed by atoms with Crippen molar-refractivity contribution in [3.05, 3.63) is 84.4 Å². The third-order valence-corrected chi connectivity index (χ3v) is 5.02. The average Bonchev–Trinajstić information content (AvgIpc) is 2.73. The fourth-order valence-corrected chi connectivity index (χ4v) is 3.68. The summed E-state index contributed by atoms with van der Waals surface area (Å²) in [6.07, 6.45) is 0. The van der Waals surface area contributed by atoms with Crippen molar-refractivity contribution in [3.63, 3.8) is 0 Å². The molecular formula is C24H16O3. The first-order chi connectivity index (χ1) is 13.2. The maximum atomic E-state index is 12.6. The summed E-state index contributed by atoms with van der Waals surface area (Å²) in [5.41, 5.74) is 0.487. The van der Waals surface area contributed by atoms with E-state index >= 15 is 0 Å². The van der Waals surface area contributed by atoms with E-state index in [1.807, 2.05) is 18.2 Å². The summed E-state index contributed by atoms with van der Waals surface area (Å²) < 4.78 is 10.9. The number of ether oxygens (including phenoxy) is 2. The Kier molecular flexibility index (Phi) is 3.47. The predicted molar refractivity (Wildman–Crippen MR) is 108 cm³/mol. The third kappa shape index (κ3) is 2.48. The van der Waals surface area contributed by atoms with E-state index in [1.165, 1.54) is 16.2 Å². The molecule has 5 aromatic carbocycles. The zero-order valence-corrected chi connectivity index (χ0v) is 14.7. The first-order valence-corrected chi connectivity index (χ1v) is 8.77. The van der Waals surface area contributed by atoms with Crippen LogP contribution in [0.15, 0.2) is 78.9 Å². The van der Waals surface area contributed by atoms with Crippen molar-refractivity contribution in [2.24, 2.45) is 0 Å². The first-order valence-electron chi connectivity index (χ1n) is 8.77. The van der Waals surface area contributed by atoms with Crippen molar-refractivity contribution in [2.75, 3.05) is 7.11 Å². The molecule has 0 aliphatic heterocycles. The van der Waals surface area contributed by atoms with Crippen molar-refractivity contribution in [2.45, 2.75) is 0 Å². The summed E-state index contributed by atoms with van der Waals surface area (Å²) in [5.74, 6) is 0.892. The highest BCUT2D eigenvalue weighted by Crippen LogP contribution is 2.38. The normalized spacial score (nSPS) is 11.3. The van der Waals surface area contributed by atoms with Crippen molar-refractivity contribution >= 4 is 38.3 Å². The van der Waals surface area contributed by atoms with Crippen LogP contribution in [0, 0.1) is 0 Å². The quantitative estimate of drug-likeness (QED) is 0.233. The van der Waals surface area contributed by atoms with Gasteiger partial charge >= 0.3 is 5.97 Å². The molecule has 0 aliphatic carbocycles. The average molecular weight is 352 g/mol. The van der Waals surface area contributed by atoms with Gasteiger partial charge < -0.3 is 9.47 Å². The molecule has 0 saturated heterocycles. The van der Waals surface area contributed by atoms with Gasteiger partial charge in [0.15, 0.2) is 0 Å². The highest BCUT2D eigenvalue weighted by Gasteiger charge is 2.15. The minimum absolute atomic E-state index is 0.382. The van der Waals surface area contributed by atoms with Gasteiger partial charge in [-0.3, -0.25) is 0 Å². The number of benzene rings is 5. The molecular weight excluding hydrogens is 336 g/mol. The van der Waals surface area contributed by atoms with Gasteiger partial charge in [0.2, 0.25) is 0 Å². The molecule has 0 heterocycles. The first kappa shape index (κ1) is 15.6. The fourth-order valence-electron chi connectivity index (χ4n) is 3.68. The summed E-state index contributed by atoms with van der Waals surface area (Å²) in [6.45, 7) is 0. The zero-order chi connectivity index (χ0) is 18.4. The molecule has 130 valence electrons. The van der Waals surface area contributed by atoms with Crippen molar-refractivity contribution < 1.29 is 14.3 Å². The summed E-state index contributed by atoms with van der Waals surface area (Å²) >= 11 is 0. The maximum absolute atomic E-state index is 12.6. The molecule has 0 radical (unpaired) electrons. The van der Waals surface area contributed by atoms with Gasteiger partial charge in [-0.05, 0) is 57.9 Å². The van der Waals surface area contributed by atoms with Crippen LogP contribution in [0.1, 0.15) is 10.4 Å². The second kappa shape index (κ2) is 5.99. The molecule has 0 aliphatic rings. The number of carbonyl (C=O) groups is 1. The molecule has 0 aromatic heterocycles. The van der Waals surface area contributed by atoms with Gasteiger partial charge in [0, 0.05) is 10.8 Å². The lowest BCUT2D eigenvalue weighted by Gasteiger charge is -2.13. The minimum Gasteiger partial charge on any atom is -0.497 e. The number of hydrogen-bond donors (Lipinski definition) is 0. The van der Waals surface area contributed by atoms with Gasteiger partial charge in [-0.2, -0.15) is 0 Å². The topological polar surface area (TPSA) is 35.5 Å². The van der Waals surface area contributed by atoms with E-state index in [2.05, 4.69) is 36.4 Å². The molecule has 0 N–H and O–H groups in total. The number of methoxy groups -OCH3 is 1. The van der Waals surface area contributed by atoms with Crippen molar-refractivity contribution in [3.8, 4) is 11.5 Å². The second-order valence-electron chi connectivity index (χ2n) is 6.54. The molecule has 0 amide bonds. The molecule has 0 saturated carbocycles. The van der Waals surface area contributed by atoms with Gasteiger partial charge in [0.05, 0.1) is 12.7 Å². The number of rotatable bonds is 3. The van der Waals surface area contributed by atoms with Gasteiger partial charge in [0.1, 0.15) is 11.5 Å². The van der Waals surface area contributed by atoms with E-state index in [1.54, 1.807) is 31.4 Å². The van der Waals surface area contributed by atoms with Crippen LogP contribution in [0.2, 0.25) is 0 Å². The third-order valence-electron chi connectivity index (χ3n) is 5.02. The highest BCUT2D eigenvalue weighted by molar-refractivity contribution is 6.24. The van der Waals surface area contributed by atoms with Crippen LogP contribution in [-0.2, 0) is 0 Å². The molecule has 0 unspecified atom stereocenters. The fraction of sp³-hybridized carbons (Fsp3) is 0.0417. The van der Waals surface area contributed by atoms with Gasteiger partial charge in [-0.1, -0.05) is 42.5 Å². The van der Waals surface area contributed by atoms with Gasteiger partial charge in [-0.15, -0.1) is 0 Å². The summed E-state index contributed by atoms with van der Waals surface area (Å²) in [6, 6.07) is 25.4. The summed E-state index contributed by atoms with van der Waals surface area (Å²) in [5, 5.41) is 6.78. The maximum Gasteiger partial charge on any atom is 0.343 e. The lowest BCUT2D eigenvalue weighted by atomic mass is 9.94. The SMILES string of the molecule is COc1ccc(C(=O)Oc2ccc3ccc4cccc5ccc2c3c45)cc1. The number of hydrogen-bond acceptors (Lipinski definition) is 3. The number of carbonyl (C=O) groups excluding carboxylic acids is 1. The predicted octanol–water partition coefficient (Wildman–Crippen LogP) is 5.81. The molecule has 0 bridgehead atoms. The van der Waals surface area contributed by atoms with Crippen LogP contribution < -0.4 is 9.47 Å². The van der Waals surface area contributed by atoms with Crippen LogP contribution in [0.5, 0.6) is 11.5 Å². The summed E-state index contributed by atoms with van der Waals surface area (Å²) in [7, 11) is 1.60. The molecule has 3 nitrogen and oxygen atoms in total. The molecule has 0 fully saturated rings. The Morgan fingerprint density at radius 3 is 2.04 bits per heavy atom. The van der Waals surface area contributed by atoms with E-state index in [0.717, 1.165) is 16.2 Å². The van der Waals surface area contributed by atoms with Gasteiger partial charge in [0.25, 0.3) is 0 Å². The van der Waals surface area contributed by atoms with Crippen molar-refractivity contribution in [1.29, 1.82) is 0 Å². The van der Waals surface area contributed by atoms with Crippen molar-refractivity contribution in [1.82, 2.24) is 0 Å². The van der Waals surface area contributed by atoms with E-state index in [4.69, 9.17) is 9.47 Å². The monoisotopic (exact) mass is 352 g/mol. The minimum atomic E-state index is -0.382. The van der Waals surface area contributed by atoms with Crippen LogP contribution in [0.4, 0.5) is 0 Å². The second-order valence-corrected chi connectivity index (χ2v) is 6.54. The molecule has 3 heteroatoms. The zero-order valence-electron chi connectivity index (χ0n) is 14.7. The standard InChI is InChI=1S/C24H16O3/c1-26-19-11-7-18(8-12-19)24(25)27-21-14-10-17-6-5-15-3-2-4-16-9-13-20(21)23(17)22(15)16/h2-14H,1H3. The van der Waals surface area contributed by atoms with E-state index in [9.17, 15) is 4.79 Å². The summed E-state index contributed by atoms with van der Waals surface area (Å²) in [4.78, 5) is 12.6.